The minimum atomic E-state index is -0.257. The minimum Gasteiger partial charge on any atom is -0.489 e. The van der Waals surface area contributed by atoms with Gasteiger partial charge in [-0.05, 0) is 31.0 Å². The summed E-state index contributed by atoms with van der Waals surface area (Å²) >= 11 is 1.30. The number of benzene rings is 2. The summed E-state index contributed by atoms with van der Waals surface area (Å²) in [4.78, 5) is 26.9. The smallest absolute Gasteiger partial charge is 0.265 e. The number of hydrogen-bond acceptors (Lipinski definition) is 5. The van der Waals surface area contributed by atoms with Gasteiger partial charge in [0.15, 0.2) is 5.75 Å². The summed E-state index contributed by atoms with van der Waals surface area (Å²) in [5, 5.41) is 4.35. The summed E-state index contributed by atoms with van der Waals surface area (Å²) in [6, 6.07) is 15.6. The molecule has 0 saturated carbocycles. The summed E-state index contributed by atoms with van der Waals surface area (Å²) < 4.78 is 13.7. The molecule has 1 amide bonds. The van der Waals surface area contributed by atoms with Gasteiger partial charge in [0, 0.05) is 25.6 Å². The Morgan fingerprint density at radius 1 is 1.09 bits per heavy atom. The molecule has 6 nitrogen and oxygen atoms in total. The van der Waals surface area contributed by atoms with Crippen molar-refractivity contribution in [3.8, 4) is 5.75 Å². The number of amides is 1. The Labute approximate surface area is 190 Å². The maximum absolute atomic E-state index is 13.2. The second-order valence-corrected chi connectivity index (χ2v) is 8.52. The van der Waals surface area contributed by atoms with Crippen LogP contribution in [0.25, 0.3) is 21.0 Å². The molecule has 0 aliphatic rings. The second kappa shape index (κ2) is 9.54. The van der Waals surface area contributed by atoms with E-state index in [9.17, 15) is 9.59 Å². The molecule has 0 unspecified atom stereocenters. The molecular formula is C25H26N2O4S. The predicted octanol–water partition coefficient (Wildman–Crippen LogP) is 4.41. The average molecular weight is 451 g/mol. The third-order valence-corrected chi connectivity index (χ3v) is 6.68. The van der Waals surface area contributed by atoms with E-state index in [0.29, 0.717) is 35.8 Å². The van der Waals surface area contributed by atoms with E-state index in [4.69, 9.17) is 9.47 Å². The van der Waals surface area contributed by atoms with Crippen molar-refractivity contribution in [1.82, 2.24) is 9.88 Å². The third kappa shape index (κ3) is 4.13. The number of carbonyl (C=O) groups is 1. The SMILES string of the molecule is CCOCCOc1c(C(=O)NCc2ccccc2C)sc2c1c(=O)n(C)c1ccccc21. The number of pyridine rings is 1. The molecule has 2 aromatic carbocycles. The zero-order chi connectivity index (χ0) is 22.7. The van der Waals surface area contributed by atoms with Crippen molar-refractivity contribution in [1.29, 1.82) is 0 Å². The van der Waals surface area contributed by atoms with Crippen LogP contribution in [0.5, 0.6) is 5.75 Å². The van der Waals surface area contributed by atoms with E-state index < -0.39 is 0 Å². The first-order valence-corrected chi connectivity index (χ1v) is 11.4. The topological polar surface area (TPSA) is 69.6 Å². The first kappa shape index (κ1) is 22.0. The fraction of sp³-hybridized carbons (Fsp3) is 0.280. The van der Waals surface area contributed by atoms with E-state index in [0.717, 1.165) is 26.7 Å². The monoisotopic (exact) mass is 450 g/mol. The zero-order valence-electron chi connectivity index (χ0n) is 18.4. The Morgan fingerprint density at radius 3 is 2.62 bits per heavy atom. The normalized spacial score (nSPS) is 11.2. The van der Waals surface area contributed by atoms with E-state index in [1.54, 1.807) is 11.6 Å². The quantitative estimate of drug-likeness (QED) is 0.404. The highest BCUT2D eigenvalue weighted by atomic mass is 32.1. The highest BCUT2D eigenvalue weighted by molar-refractivity contribution is 7.22. The lowest BCUT2D eigenvalue weighted by Crippen LogP contribution is -2.23. The van der Waals surface area contributed by atoms with Gasteiger partial charge < -0.3 is 19.4 Å². The Balaban J connectivity index is 1.78. The Morgan fingerprint density at radius 2 is 1.84 bits per heavy atom. The van der Waals surface area contributed by atoms with Gasteiger partial charge in [0.25, 0.3) is 11.5 Å². The van der Waals surface area contributed by atoms with Crippen molar-refractivity contribution in [2.45, 2.75) is 20.4 Å². The summed E-state index contributed by atoms with van der Waals surface area (Å²) in [6.07, 6.45) is 0. The van der Waals surface area contributed by atoms with Crippen molar-refractivity contribution >= 4 is 38.2 Å². The lowest BCUT2D eigenvalue weighted by atomic mass is 10.1. The van der Waals surface area contributed by atoms with Crippen molar-refractivity contribution < 1.29 is 14.3 Å². The maximum atomic E-state index is 13.2. The van der Waals surface area contributed by atoms with Crippen molar-refractivity contribution in [2.24, 2.45) is 7.05 Å². The van der Waals surface area contributed by atoms with Gasteiger partial charge in [0.05, 0.1) is 16.8 Å². The molecule has 4 aromatic rings. The molecule has 0 spiro atoms. The van der Waals surface area contributed by atoms with Crippen LogP contribution in [0.1, 0.15) is 27.7 Å². The van der Waals surface area contributed by atoms with Gasteiger partial charge in [0.1, 0.15) is 16.9 Å². The van der Waals surface area contributed by atoms with Gasteiger partial charge in [-0.15, -0.1) is 11.3 Å². The second-order valence-electron chi connectivity index (χ2n) is 7.50. The largest absolute Gasteiger partial charge is 0.489 e. The number of ether oxygens (including phenoxy) is 2. The van der Waals surface area contributed by atoms with Crippen LogP contribution in [-0.4, -0.2) is 30.3 Å². The average Bonchev–Trinajstić information content (AvgIpc) is 3.19. The molecule has 1 N–H and O–H groups in total. The number of aromatic nitrogens is 1. The fourth-order valence-electron chi connectivity index (χ4n) is 3.73. The van der Waals surface area contributed by atoms with Crippen LogP contribution in [0.2, 0.25) is 0 Å². The van der Waals surface area contributed by atoms with Gasteiger partial charge in [-0.1, -0.05) is 42.5 Å². The minimum absolute atomic E-state index is 0.181. The molecule has 4 rings (SSSR count). The number of nitrogens with zero attached hydrogens (tertiary/aromatic N) is 1. The van der Waals surface area contributed by atoms with Crippen LogP contribution in [0.15, 0.2) is 53.3 Å². The summed E-state index contributed by atoms with van der Waals surface area (Å²) in [6.45, 7) is 5.53. The molecule has 0 aliphatic heterocycles. The number of carbonyl (C=O) groups excluding carboxylic acids is 1. The molecule has 0 bridgehead atoms. The molecule has 0 saturated heterocycles. The number of fused-ring (bicyclic) bond motifs is 3. The first-order chi connectivity index (χ1) is 15.5. The number of hydrogen-bond donors (Lipinski definition) is 1. The van der Waals surface area contributed by atoms with Crippen LogP contribution < -0.4 is 15.6 Å². The first-order valence-electron chi connectivity index (χ1n) is 10.6. The van der Waals surface area contributed by atoms with E-state index in [1.165, 1.54) is 11.3 Å². The molecule has 0 aliphatic carbocycles. The molecule has 166 valence electrons. The number of nitrogens with one attached hydrogen (secondary N) is 1. The molecule has 0 radical (unpaired) electrons. The van der Waals surface area contributed by atoms with Crippen LogP contribution in [0.4, 0.5) is 0 Å². The zero-order valence-corrected chi connectivity index (χ0v) is 19.3. The maximum Gasteiger partial charge on any atom is 0.265 e. The van der Waals surface area contributed by atoms with E-state index in [2.05, 4.69) is 5.32 Å². The summed E-state index contributed by atoms with van der Waals surface area (Å²) in [5.41, 5.74) is 2.79. The van der Waals surface area contributed by atoms with Crippen LogP contribution in [0.3, 0.4) is 0 Å². The summed E-state index contributed by atoms with van der Waals surface area (Å²) in [7, 11) is 1.74. The van der Waals surface area contributed by atoms with Gasteiger partial charge >= 0.3 is 0 Å². The number of thiophene rings is 1. The van der Waals surface area contributed by atoms with Crippen molar-refractivity contribution in [3.63, 3.8) is 0 Å². The van der Waals surface area contributed by atoms with Gasteiger partial charge in [-0.2, -0.15) is 0 Å². The van der Waals surface area contributed by atoms with Gasteiger partial charge in [0.2, 0.25) is 0 Å². The van der Waals surface area contributed by atoms with E-state index in [-0.39, 0.29) is 18.1 Å². The molecule has 7 heteroatoms. The van der Waals surface area contributed by atoms with Crippen molar-refractivity contribution in [3.05, 3.63) is 74.9 Å². The van der Waals surface area contributed by atoms with Gasteiger partial charge in [-0.25, -0.2) is 0 Å². The molecular weight excluding hydrogens is 424 g/mol. The highest BCUT2D eigenvalue weighted by Crippen LogP contribution is 2.39. The molecule has 0 atom stereocenters. The highest BCUT2D eigenvalue weighted by Gasteiger charge is 2.24. The third-order valence-electron chi connectivity index (χ3n) is 5.48. The molecule has 2 aromatic heterocycles. The fourth-order valence-corrected chi connectivity index (χ4v) is 4.92. The van der Waals surface area contributed by atoms with Crippen LogP contribution in [0, 0.1) is 6.92 Å². The van der Waals surface area contributed by atoms with Crippen LogP contribution in [-0.2, 0) is 18.3 Å². The number of aryl methyl sites for hydroxylation is 2. The van der Waals surface area contributed by atoms with E-state index >= 15 is 0 Å². The van der Waals surface area contributed by atoms with Crippen molar-refractivity contribution in [2.75, 3.05) is 19.8 Å². The van der Waals surface area contributed by atoms with E-state index in [1.807, 2.05) is 62.4 Å². The molecule has 2 heterocycles. The lowest BCUT2D eigenvalue weighted by Gasteiger charge is -2.10. The Kier molecular flexibility index (Phi) is 6.58. The van der Waals surface area contributed by atoms with Crippen LogP contribution >= 0.6 is 11.3 Å². The standard InChI is InChI=1S/C25H26N2O4S/c1-4-30-13-14-31-21-20-22(18-11-7-8-12-19(18)27(3)25(20)29)32-23(21)24(28)26-15-17-10-6-5-9-16(17)2/h5-12H,4,13-15H2,1-3H3,(H,26,28). The number of rotatable bonds is 8. The lowest BCUT2D eigenvalue weighted by molar-refractivity contribution is 0.0940. The predicted molar refractivity (Wildman–Crippen MR) is 129 cm³/mol. The number of para-hydroxylation sites is 1. The Bertz CT molecular complexity index is 1340. The summed E-state index contributed by atoms with van der Waals surface area (Å²) in [5.74, 6) is 0.0744. The Hall–Kier alpha value is -3.16. The van der Waals surface area contributed by atoms with Gasteiger partial charge in [-0.3, -0.25) is 9.59 Å². The molecule has 0 fully saturated rings. The molecule has 32 heavy (non-hydrogen) atoms.